The van der Waals surface area contributed by atoms with E-state index in [1.54, 1.807) is 17.6 Å². The van der Waals surface area contributed by atoms with Gasteiger partial charge in [-0.25, -0.2) is 9.78 Å². The standard InChI is InChI=1S/C16H11NO3S/c18-15(19)13-8-4-7-12(11-5-2-1-3-6-11)14(13)20-16-17-9-10-21-16/h1-10H,(H,18,19). The molecule has 0 aliphatic rings. The SMILES string of the molecule is O=C(O)c1cccc(-c2ccccc2)c1Oc1nccs1. The third-order valence-electron chi connectivity index (χ3n) is 2.93. The molecule has 0 aliphatic carbocycles. The van der Waals surface area contributed by atoms with E-state index in [4.69, 9.17) is 4.74 Å². The van der Waals surface area contributed by atoms with Crippen molar-refractivity contribution in [2.45, 2.75) is 0 Å². The van der Waals surface area contributed by atoms with Crippen molar-refractivity contribution in [3.05, 3.63) is 65.7 Å². The molecule has 0 aliphatic heterocycles. The Bertz CT molecular complexity index is 754. The van der Waals surface area contributed by atoms with Gasteiger partial charge in [0, 0.05) is 17.1 Å². The molecule has 1 N–H and O–H groups in total. The van der Waals surface area contributed by atoms with E-state index in [9.17, 15) is 9.90 Å². The first-order valence-corrected chi connectivity index (χ1v) is 7.13. The molecule has 0 atom stereocenters. The number of aromatic carboxylic acids is 1. The quantitative estimate of drug-likeness (QED) is 0.780. The maximum atomic E-state index is 11.4. The molecule has 104 valence electrons. The van der Waals surface area contributed by atoms with Crippen molar-refractivity contribution in [2.24, 2.45) is 0 Å². The molecule has 0 fully saturated rings. The molecule has 0 radical (unpaired) electrons. The average Bonchev–Trinajstić information content (AvgIpc) is 3.01. The summed E-state index contributed by atoms with van der Waals surface area (Å²) in [7, 11) is 0. The summed E-state index contributed by atoms with van der Waals surface area (Å²) in [5.74, 6) is -0.717. The van der Waals surface area contributed by atoms with Gasteiger partial charge in [0.25, 0.3) is 5.19 Å². The van der Waals surface area contributed by atoms with Gasteiger partial charge in [0.15, 0.2) is 5.75 Å². The molecule has 1 aromatic heterocycles. The van der Waals surface area contributed by atoms with Crippen molar-refractivity contribution in [1.82, 2.24) is 4.98 Å². The van der Waals surface area contributed by atoms with Crippen LogP contribution in [0.1, 0.15) is 10.4 Å². The van der Waals surface area contributed by atoms with Crippen molar-refractivity contribution >= 4 is 17.3 Å². The van der Waals surface area contributed by atoms with Crippen molar-refractivity contribution in [2.75, 3.05) is 0 Å². The summed E-state index contributed by atoms with van der Waals surface area (Å²) in [6.45, 7) is 0. The van der Waals surface area contributed by atoms with Gasteiger partial charge in [0.05, 0.1) is 0 Å². The number of hydrogen-bond acceptors (Lipinski definition) is 4. The number of thiazole rings is 1. The number of ether oxygens (including phenoxy) is 1. The fraction of sp³-hybridized carbons (Fsp3) is 0. The Morgan fingerprint density at radius 3 is 2.57 bits per heavy atom. The largest absolute Gasteiger partial charge is 0.478 e. The van der Waals surface area contributed by atoms with Crippen molar-refractivity contribution in [3.8, 4) is 22.1 Å². The second-order valence-corrected chi connectivity index (χ2v) is 5.11. The van der Waals surface area contributed by atoms with Crippen LogP contribution in [-0.4, -0.2) is 16.1 Å². The maximum Gasteiger partial charge on any atom is 0.339 e. The average molecular weight is 297 g/mol. The van der Waals surface area contributed by atoms with E-state index in [2.05, 4.69) is 4.98 Å². The summed E-state index contributed by atoms with van der Waals surface area (Å²) in [4.78, 5) is 15.5. The molecule has 21 heavy (non-hydrogen) atoms. The molecule has 4 nitrogen and oxygen atoms in total. The van der Waals surface area contributed by atoms with Gasteiger partial charge in [0.2, 0.25) is 0 Å². The van der Waals surface area contributed by atoms with Gasteiger partial charge in [-0.1, -0.05) is 53.8 Å². The van der Waals surface area contributed by atoms with Crippen LogP contribution in [0.2, 0.25) is 0 Å². The smallest absolute Gasteiger partial charge is 0.339 e. The van der Waals surface area contributed by atoms with Crippen LogP contribution in [0.5, 0.6) is 10.9 Å². The lowest BCUT2D eigenvalue weighted by atomic mass is 10.0. The molecule has 2 aromatic carbocycles. The first-order chi connectivity index (χ1) is 10.3. The minimum absolute atomic E-state index is 0.117. The third-order valence-corrected chi connectivity index (χ3v) is 3.58. The minimum Gasteiger partial charge on any atom is -0.478 e. The van der Waals surface area contributed by atoms with Gasteiger partial charge >= 0.3 is 5.97 Å². The van der Waals surface area contributed by atoms with E-state index in [0.717, 1.165) is 11.1 Å². The number of carbonyl (C=O) groups is 1. The zero-order valence-electron chi connectivity index (χ0n) is 10.9. The molecule has 0 saturated heterocycles. The van der Waals surface area contributed by atoms with Crippen LogP contribution in [0, 0.1) is 0 Å². The fourth-order valence-electron chi connectivity index (χ4n) is 2.01. The van der Waals surface area contributed by atoms with Gasteiger partial charge in [-0.15, -0.1) is 0 Å². The van der Waals surface area contributed by atoms with Gasteiger partial charge in [-0.2, -0.15) is 0 Å². The minimum atomic E-state index is -1.03. The van der Waals surface area contributed by atoms with E-state index >= 15 is 0 Å². The lowest BCUT2D eigenvalue weighted by Gasteiger charge is -2.12. The van der Waals surface area contributed by atoms with Gasteiger partial charge in [0.1, 0.15) is 5.56 Å². The van der Waals surface area contributed by atoms with Crippen LogP contribution in [0.4, 0.5) is 0 Å². The van der Waals surface area contributed by atoms with Gasteiger partial charge in [-0.3, -0.25) is 0 Å². The number of aromatic nitrogens is 1. The molecule has 0 spiro atoms. The van der Waals surface area contributed by atoms with Crippen LogP contribution in [0.25, 0.3) is 11.1 Å². The topological polar surface area (TPSA) is 59.4 Å². The second kappa shape index (κ2) is 5.76. The highest BCUT2D eigenvalue weighted by Crippen LogP contribution is 2.36. The Kier molecular flexibility index (Phi) is 3.66. The first-order valence-electron chi connectivity index (χ1n) is 6.25. The van der Waals surface area contributed by atoms with Crippen LogP contribution in [-0.2, 0) is 0 Å². The number of para-hydroxylation sites is 1. The lowest BCUT2D eigenvalue weighted by molar-refractivity contribution is 0.0694. The molecule has 0 saturated carbocycles. The van der Waals surface area contributed by atoms with Crippen LogP contribution in [0.15, 0.2) is 60.1 Å². The van der Waals surface area contributed by atoms with Gasteiger partial charge < -0.3 is 9.84 Å². The summed E-state index contributed by atoms with van der Waals surface area (Å²) < 4.78 is 5.72. The van der Waals surface area contributed by atoms with E-state index in [1.807, 2.05) is 36.4 Å². The number of benzene rings is 2. The summed E-state index contributed by atoms with van der Waals surface area (Å²) >= 11 is 1.32. The fourth-order valence-corrected chi connectivity index (χ4v) is 2.50. The van der Waals surface area contributed by atoms with Crippen LogP contribution >= 0.6 is 11.3 Å². The molecule has 0 bridgehead atoms. The summed E-state index contributed by atoms with van der Waals surface area (Å²) in [5.41, 5.74) is 1.74. The predicted octanol–water partition coefficient (Wildman–Crippen LogP) is 4.30. The number of hydrogen-bond donors (Lipinski definition) is 1. The second-order valence-electron chi connectivity index (χ2n) is 4.25. The third kappa shape index (κ3) is 2.78. The predicted molar refractivity (Wildman–Crippen MR) is 81.0 cm³/mol. The van der Waals surface area contributed by atoms with E-state index in [1.165, 1.54) is 17.4 Å². The molecule has 0 unspecified atom stereocenters. The normalized spacial score (nSPS) is 10.3. The number of rotatable bonds is 4. The van der Waals surface area contributed by atoms with Gasteiger partial charge in [-0.05, 0) is 11.6 Å². The van der Waals surface area contributed by atoms with Crippen molar-refractivity contribution < 1.29 is 14.6 Å². The molecule has 0 amide bonds. The maximum absolute atomic E-state index is 11.4. The summed E-state index contributed by atoms with van der Waals surface area (Å²) in [6.07, 6.45) is 1.62. The van der Waals surface area contributed by atoms with Crippen LogP contribution in [0.3, 0.4) is 0 Å². The number of nitrogens with zero attached hydrogens (tertiary/aromatic N) is 1. The summed E-state index contributed by atoms with van der Waals surface area (Å²) in [5, 5.41) is 11.6. The highest BCUT2D eigenvalue weighted by Gasteiger charge is 2.18. The zero-order chi connectivity index (χ0) is 14.7. The van der Waals surface area contributed by atoms with Crippen molar-refractivity contribution in [1.29, 1.82) is 0 Å². The molecular weight excluding hydrogens is 286 g/mol. The van der Waals surface area contributed by atoms with E-state index < -0.39 is 5.97 Å². The number of carboxylic acid groups (broad SMARTS) is 1. The Hall–Kier alpha value is -2.66. The number of carboxylic acids is 1. The monoisotopic (exact) mass is 297 g/mol. The van der Waals surface area contributed by atoms with E-state index in [0.29, 0.717) is 10.9 Å². The molecule has 5 heteroatoms. The lowest BCUT2D eigenvalue weighted by Crippen LogP contribution is -2.01. The zero-order valence-corrected chi connectivity index (χ0v) is 11.7. The highest BCUT2D eigenvalue weighted by atomic mass is 32.1. The Morgan fingerprint density at radius 2 is 1.90 bits per heavy atom. The summed E-state index contributed by atoms with van der Waals surface area (Å²) in [6, 6.07) is 14.6. The Morgan fingerprint density at radius 1 is 1.10 bits per heavy atom. The Labute approximate surface area is 125 Å². The van der Waals surface area contributed by atoms with Crippen molar-refractivity contribution in [3.63, 3.8) is 0 Å². The highest BCUT2D eigenvalue weighted by molar-refractivity contribution is 7.11. The molecule has 1 heterocycles. The first kappa shape index (κ1) is 13.3. The van der Waals surface area contributed by atoms with E-state index in [-0.39, 0.29) is 5.56 Å². The van der Waals surface area contributed by atoms with Crippen LogP contribution < -0.4 is 4.74 Å². The molecular formula is C16H11NO3S. The molecule has 3 aromatic rings. The Balaban J connectivity index is 2.15. The molecule has 3 rings (SSSR count).